The SMILES string of the molecule is C[C@H]1C[C@@H]2[C@H]3CCC4=CC(=O)C=C[C@@]4(C)[C@]3(F)[C@H](O)CC2(C)[C@]1(O)C(=O)COC(=O)I. The summed E-state index contributed by atoms with van der Waals surface area (Å²) in [5.41, 5.74) is -5.34. The van der Waals surface area contributed by atoms with Gasteiger partial charge in [0, 0.05) is 16.7 Å². The summed E-state index contributed by atoms with van der Waals surface area (Å²) in [5.74, 6) is -2.20. The molecule has 0 aromatic rings. The molecule has 3 fully saturated rings. The first-order chi connectivity index (χ1) is 14.3. The van der Waals surface area contributed by atoms with E-state index in [1.165, 1.54) is 34.7 Å². The van der Waals surface area contributed by atoms with Crippen LogP contribution in [0.5, 0.6) is 0 Å². The van der Waals surface area contributed by atoms with Gasteiger partial charge in [0.2, 0.25) is 5.78 Å². The average Bonchev–Trinajstić information content (AvgIpc) is 2.89. The molecule has 0 aliphatic heterocycles. The van der Waals surface area contributed by atoms with Crippen molar-refractivity contribution in [1.82, 2.24) is 0 Å². The number of aliphatic hydroxyl groups excluding tert-OH is 1. The van der Waals surface area contributed by atoms with Gasteiger partial charge in [0.25, 0.3) is 0 Å². The van der Waals surface area contributed by atoms with Gasteiger partial charge in [0.15, 0.2) is 18.1 Å². The molecular formula is C23H28FIO6. The summed E-state index contributed by atoms with van der Waals surface area (Å²) in [6.45, 7) is 4.69. The second-order valence-electron chi connectivity index (χ2n) is 10.1. The molecule has 0 aromatic heterocycles. The molecule has 0 bridgehead atoms. The summed E-state index contributed by atoms with van der Waals surface area (Å²) in [4.78, 5) is 36.1. The minimum atomic E-state index is -2.01. The Hall–Kier alpha value is -1.13. The fourth-order valence-corrected chi connectivity index (χ4v) is 7.53. The maximum atomic E-state index is 17.0. The number of ether oxygens (including phenoxy) is 1. The number of ketones is 2. The summed E-state index contributed by atoms with van der Waals surface area (Å²) in [6, 6.07) is 0. The van der Waals surface area contributed by atoms with Crippen LogP contribution in [0, 0.1) is 28.6 Å². The molecule has 0 spiro atoms. The third-order valence-corrected chi connectivity index (χ3v) is 9.28. The summed E-state index contributed by atoms with van der Waals surface area (Å²) < 4.78 is 21.2. The third kappa shape index (κ3) is 2.83. The van der Waals surface area contributed by atoms with Crippen molar-refractivity contribution >= 4 is 38.1 Å². The highest BCUT2D eigenvalue weighted by atomic mass is 127. The molecule has 6 nitrogen and oxygen atoms in total. The minimum absolute atomic E-state index is 0.0971. The summed E-state index contributed by atoms with van der Waals surface area (Å²) in [7, 11) is 0. The average molecular weight is 546 g/mol. The van der Waals surface area contributed by atoms with Gasteiger partial charge in [-0.25, -0.2) is 9.18 Å². The second-order valence-corrected chi connectivity index (χ2v) is 11.0. The predicted molar refractivity (Wildman–Crippen MR) is 118 cm³/mol. The van der Waals surface area contributed by atoms with Crippen LogP contribution < -0.4 is 0 Å². The van der Waals surface area contributed by atoms with Crippen molar-refractivity contribution in [3.05, 3.63) is 23.8 Å². The van der Waals surface area contributed by atoms with Crippen molar-refractivity contribution in [3.8, 4) is 0 Å². The lowest BCUT2D eigenvalue weighted by atomic mass is 9.44. The Labute approximate surface area is 194 Å². The van der Waals surface area contributed by atoms with Crippen LogP contribution in [0.4, 0.5) is 9.18 Å². The summed E-state index contributed by atoms with van der Waals surface area (Å²) in [5, 5.41) is 22.9. The highest BCUT2D eigenvalue weighted by Gasteiger charge is 2.75. The molecule has 0 aromatic carbocycles. The zero-order valence-corrected chi connectivity index (χ0v) is 20.0. The van der Waals surface area contributed by atoms with Gasteiger partial charge in [-0.15, -0.1) is 0 Å². The fourth-order valence-electron chi connectivity index (χ4n) is 7.37. The van der Waals surface area contributed by atoms with Crippen molar-refractivity contribution in [2.75, 3.05) is 6.61 Å². The van der Waals surface area contributed by atoms with E-state index in [0.717, 1.165) is 0 Å². The van der Waals surface area contributed by atoms with Gasteiger partial charge in [0.1, 0.15) is 5.60 Å². The van der Waals surface area contributed by atoms with Crippen LogP contribution in [0.15, 0.2) is 23.8 Å². The molecule has 0 heterocycles. The number of fused-ring (bicyclic) bond motifs is 5. The number of halogens is 2. The molecule has 0 radical (unpaired) electrons. The zero-order chi connectivity index (χ0) is 23.0. The van der Waals surface area contributed by atoms with Crippen molar-refractivity contribution < 1.29 is 33.7 Å². The Morgan fingerprint density at radius 1 is 1.32 bits per heavy atom. The number of rotatable bonds is 3. The van der Waals surface area contributed by atoms with Crippen LogP contribution in [0.1, 0.15) is 46.5 Å². The molecule has 3 saturated carbocycles. The number of hydrogen-bond donors (Lipinski definition) is 2. The Bertz CT molecular complexity index is 916. The number of carbonyl (C=O) groups excluding carboxylic acids is 3. The van der Waals surface area contributed by atoms with Gasteiger partial charge in [-0.1, -0.05) is 25.5 Å². The van der Waals surface area contributed by atoms with E-state index >= 15 is 4.39 Å². The largest absolute Gasteiger partial charge is 0.450 e. The first kappa shape index (κ1) is 23.0. The van der Waals surface area contributed by atoms with Gasteiger partial charge in [-0.2, -0.15) is 0 Å². The molecule has 31 heavy (non-hydrogen) atoms. The summed E-state index contributed by atoms with van der Waals surface area (Å²) in [6.07, 6.45) is 4.28. The lowest BCUT2D eigenvalue weighted by molar-refractivity contribution is -0.219. The first-order valence-corrected chi connectivity index (χ1v) is 11.8. The molecule has 4 rings (SSSR count). The van der Waals surface area contributed by atoms with Crippen molar-refractivity contribution in [3.63, 3.8) is 0 Å². The van der Waals surface area contributed by atoms with Crippen LogP contribution in [0.2, 0.25) is 0 Å². The molecule has 170 valence electrons. The maximum absolute atomic E-state index is 17.0. The quantitative estimate of drug-likeness (QED) is 0.416. The number of carbonyl (C=O) groups is 3. The highest BCUT2D eigenvalue weighted by molar-refractivity contribution is 14.1. The van der Waals surface area contributed by atoms with E-state index in [4.69, 9.17) is 4.74 Å². The van der Waals surface area contributed by atoms with E-state index in [0.29, 0.717) is 24.8 Å². The molecule has 4 aliphatic rings. The first-order valence-electron chi connectivity index (χ1n) is 10.7. The van der Waals surface area contributed by atoms with E-state index in [-0.39, 0.29) is 18.1 Å². The molecule has 0 amide bonds. The molecule has 0 saturated heterocycles. The van der Waals surface area contributed by atoms with Crippen molar-refractivity contribution in [2.24, 2.45) is 28.6 Å². The maximum Gasteiger partial charge on any atom is 0.367 e. The Morgan fingerprint density at radius 2 is 2.00 bits per heavy atom. The second kappa shape index (κ2) is 7.18. The van der Waals surface area contributed by atoms with Gasteiger partial charge in [-0.05, 0) is 56.6 Å². The number of alkyl halides is 1. The number of hydrogen-bond acceptors (Lipinski definition) is 6. The van der Waals surface area contributed by atoms with Crippen LogP contribution in [0.25, 0.3) is 0 Å². The molecule has 2 N–H and O–H groups in total. The topological polar surface area (TPSA) is 101 Å². The zero-order valence-electron chi connectivity index (χ0n) is 17.9. The fraction of sp³-hybridized carbons (Fsp3) is 0.696. The normalized spacial score (nSPS) is 48.4. The lowest BCUT2D eigenvalue weighted by Gasteiger charge is -2.62. The Kier molecular flexibility index (Phi) is 5.34. The Balaban J connectivity index is 1.76. The van der Waals surface area contributed by atoms with Gasteiger partial charge in [0.05, 0.1) is 28.7 Å². The predicted octanol–water partition coefficient (Wildman–Crippen LogP) is 3.48. The smallest absolute Gasteiger partial charge is 0.367 e. The molecule has 4 aliphatic carbocycles. The van der Waals surface area contributed by atoms with E-state index in [1.807, 2.05) is 0 Å². The number of Topliss-reactive ketones (excluding diaryl/α,β-unsaturated/α-hetero) is 1. The van der Waals surface area contributed by atoms with Gasteiger partial charge < -0.3 is 14.9 Å². The standard InChI is InChI=1S/C23H28FIO6/c1-12-8-16-15-5-4-13-9-14(26)6-7-20(13,2)22(15,24)17(27)10-21(16,3)23(12,30)18(28)11-31-19(25)29/h6-7,9,12,15-17,27,30H,4-5,8,10-11H2,1-3H3/t12-,15+,16+,17+,20+,21?,22+,23+/m0/s1. The van der Waals surface area contributed by atoms with E-state index in [2.05, 4.69) is 0 Å². The van der Waals surface area contributed by atoms with Crippen LogP contribution in [-0.4, -0.2) is 49.7 Å². The van der Waals surface area contributed by atoms with E-state index in [9.17, 15) is 24.6 Å². The van der Waals surface area contributed by atoms with Crippen molar-refractivity contribution in [2.45, 2.75) is 63.8 Å². The monoisotopic (exact) mass is 546 g/mol. The molecule has 8 atom stereocenters. The Morgan fingerprint density at radius 3 is 2.65 bits per heavy atom. The van der Waals surface area contributed by atoms with Crippen molar-refractivity contribution in [1.29, 1.82) is 0 Å². The van der Waals surface area contributed by atoms with E-state index < -0.39 is 56.4 Å². The number of aliphatic hydroxyl groups is 2. The van der Waals surface area contributed by atoms with Crippen LogP contribution in [-0.2, 0) is 14.3 Å². The minimum Gasteiger partial charge on any atom is -0.450 e. The molecule has 8 heteroatoms. The van der Waals surface area contributed by atoms with Crippen LogP contribution in [0.3, 0.4) is 0 Å². The lowest BCUT2D eigenvalue weighted by Crippen LogP contribution is -2.69. The highest BCUT2D eigenvalue weighted by Crippen LogP contribution is 2.70. The van der Waals surface area contributed by atoms with Gasteiger partial charge in [-0.3, -0.25) is 9.59 Å². The number of allylic oxidation sites excluding steroid dienone is 4. The molecular weight excluding hydrogens is 518 g/mol. The third-order valence-electron chi connectivity index (χ3n) is 8.96. The summed E-state index contributed by atoms with van der Waals surface area (Å²) >= 11 is 1.42. The molecule has 1 unspecified atom stereocenters. The van der Waals surface area contributed by atoms with Crippen LogP contribution >= 0.6 is 22.6 Å². The van der Waals surface area contributed by atoms with Gasteiger partial charge >= 0.3 is 3.98 Å². The van der Waals surface area contributed by atoms with E-state index in [1.54, 1.807) is 26.8 Å².